The highest BCUT2D eigenvalue weighted by Crippen LogP contribution is 2.12. The van der Waals surface area contributed by atoms with Gasteiger partial charge < -0.3 is 5.32 Å². The molecule has 0 unspecified atom stereocenters. The zero-order valence-corrected chi connectivity index (χ0v) is 15.1. The molecule has 0 saturated carbocycles. The SMILES string of the molecule is CS(=O)(=O)c1ccc(C(=O)NCc2ccccc2Cn2cccn2)cc1. The third-order valence-corrected chi connectivity index (χ3v) is 5.12. The molecule has 0 aliphatic rings. The lowest BCUT2D eigenvalue weighted by atomic mass is 10.1. The van der Waals surface area contributed by atoms with E-state index in [0.29, 0.717) is 18.7 Å². The summed E-state index contributed by atoms with van der Waals surface area (Å²) in [5.74, 6) is -0.251. The van der Waals surface area contributed by atoms with E-state index in [9.17, 15) is 13.2 Å². The third-order valence-electron chi connectivity index (χ3n) is 3.99. The molecule has 0 spiro atoms. The number of benzene rings is 2. The number of nitrogens with zero attached hydrogens (tertiary/aromatic N) is 2. The first-order valence-corrected chi connectivity index (χ1v) is 9.95. The van der Waals surface area contributed by atoms with E-state index in [-0.39, 0.29) is 10.8 Å². The second-order valence-corrected chi connectivity index (χ2v) is 7.97. The van der Waals surface area contributed by atoms with Gasteiger partial charge in [0, 0.05) is 30.8 Å². The van der Waals surface area contributed by atoms with Gasteiger partial charge >= 0.3 is 0 Å². The number of hydrogen-bond acceptors (Lipinski definition) is 4. The predicted octanol–water partition coefficient (Wildman–Crippen LogP) is 2.26. The van der Waals surface area contributed by atoms with Gasteiger partial charge in [0.1, 0.15) is 0 Å². The van der Waals surface area contributed by atoms with Crippen LogP contribution in [0.4, 0.5) is 0 Å². The zero-order valence-electron chi connectivity index (χ0n) is 14.3. The second-order valence-electron chi connectivity index (χ2n) is 5.95. The summed E-state index contributed by atoms with van der Waals surface area (Å²) in [5.41, 5.74) is 2.50. The molecule has 26 heavy (non-hydrogen) atoms. The largest absolute Gasteiger partial charge is 0.348 e. The fourth-order valence-corrected chi connectivity index (χ4v) is 3.21. The van der Waals surface area contributed by atoms with E-state index >= 15 is 0 Å². The van der Waals surface area contributed by atoms with Crippen molar-refractivity contribution in [2.75, 3.05) is 6.26 Å². The molecule has 1 N–H and O–H groups in total. The van der Waals surface area contributed by atoms with Crippen molar-refractivity contribution in [2.24, 2.45) is 0 Å². The maximum Gasteiger partial charge on any atom is 0.251 e. The Morgan fingerprint density at radius 1 is 1.04 bits per heavy atom. The number of carbonyl (C=O) groups is 1. The smallest absolute Gasteiger partial charge is 0.251 e. The Hall–Kier alpha value is -2.93. The molecule has 7 heteroatoms. The van der Waals surface area contributed by atoms with Gasteiger partial charge in [-0.2, -0.15) is 5.10 Å². The lowest BCUT2D eigenvalue weighted by Gasteiger charge is -2.11. The van der Waals surface area contributed by atoms with Gasteiger partial charge in [0.05, 0.1) is 11.4 Å². The highest BCUT2D eigenvalue weighted by molar-refractivity contribution is 7.90. The number of hydrogen-bond donors (Lipinski definition) is 1. The Kier molecular flexibility index (Phi) is 5.18. The molecule has 0 aliphatic carbocycles. The maximum atomic E-state index is 12.3. The maximum absolute atomic E-state index is 12.3. The van der Waals surface area contributed by atoms with Gasteiger partial charge in [-0.3, -0.25) is 9.48 Å². The first-order chi connectivity index (χ1) is 12.4. The Morgan fingerprint density at radius 3 is 2.35 bits per heavy atom. The number of sulfone groups is 1. The summed E-state index contributed by atoms with van der Waals surface area (Å²) in [6.07, 6.45) is 4.75. The number of nitrogens with one attached hydrogen (secondary N) is 1. The molecule has 0 atom stereocenters. The number of amides is 1. The van der Waals surface area contributed by atoms with E-state index in [4.69, 9.17) is 0 Å². The van der Waals surface area contributed by atoms with Crippen LogP contribution in [0.15, 0.2) is 71.9 Å². The molecular formula is C19H19N3O3S. The van der Waals surface area contributed by atoms with Gasteiger partial charge in [0.2, 0.25) is 0 Å². The van der Waals surface area contributed by atoms with E-state index in [1.54, 1.807) is 6.20 Å². The van der Waals surface area contributed by atoms with Crippen molar-refractivity contribution in [1.29, 1.82) is 0 Å². The number of aromatic nitrogens is 2. The van der Waals surface area contributed by atoms with E-state index in [1.807, 2.05) is 41.2 Å². The predicted molar refractivity (Wildman–Crippen MR) is 98.5 cm³/mol. The van der Waals surface area contributed by atoms with Gasteiger partial charge in [-0.15, -0.1) is 0 Å². The normalized spacial score (nSPS) is 11.3. The summed E-state index contributed by atoms with van der Waals surface area (Å²) in [6, 6.07) is 15.6. The van der Waals surface area contributed by atoms with Crippen molar-refractivity contribution in [3.63, 3.8) is 0 Å². The van der Waals surface area contributed by atoms with E-state index in [1.165, 1.54) is 24.3 Å². The van der Waals surface area contributed by atoms with E-state index in [2.05, 4.69) is 10.4 Å². The van der Waals surface area contributed by atoms with Gasteiger partial charge in [-0.1, -0.05) is 24.3 Å². The molecule has 0 saturated heterocycles. The number of rotatable bonds is 6. The first kappa shape index (κ1) is 17.9. The minimum atomic E-state index is -3.27. The number of carbonyl (C=O) groups excluding carboxylic acids is 1. The summed E-state index contributed by atoms with van der Waals surface area (Å²) in [6.45, 7) is 1.01. The molecule has 0 radical (unpaired) electrons. The molecule has 1 aromatic heterocycles. The van der Waals surface area contributed by atoms with Gasteiger partial charge in [0.15, 0.2) is 9.84 Å². The van der Waals surface area contributed by atoms with Gasteiger partial charge in [-0.25, -0.2) is 8.42 Å². The highest BCUT2D eigenvalue weighted by atomic mass is 32.2. The minimum absolute atomic E-state index is 0.193. The van der Waals surface area contributed by atoms with Gasteiger partial charge in [-0.05, 0) is 41.5 Å². The Labute approximate surface area is 152 Å². The topological polar surface area (TPSA) is 81.1 Å². The molecule has 0 bridgehead atoms. The van der Waals surface area contributed by atoms with Gasteiger partial charge in [0.25, 0.3) is 5.91 Å². The van der Waals surface area contributed by atoms with Crippen LogP contribution in [0.25, 0.3) is 0 Å². The monoisotopic (exact) mass is 369 g/mol. The van der Waals surface area contributed by atoms with Crippen LogP contribution in [0.5, 0.6) is 0 Å². The van der Waals surface area contributed by atoms with Crippen LogP contribution in [0, 0.1) is 0 Å². The summed E-state index contributed by atoms with van der Waals surface area (Å²) >= 11 is 0. The summed E-state index contributed by atoms with van der Waals surface area (Å²) in [5, 5.41) is 7.08. The zero-order chi connectivity index (χ0) is 18.6. The Bertz CT molecular complexity index is 995. The van der Waals surface area contributed by atoms with Crippen LogP contribution in [-0.4, -0.2) is 30.4 Å². The molecule has 3 aromatic rings. The van der Waals surface area contributed by atoms with Crippen molar-refractivity contribution in [3.05, 3.63) is 83.7 Å². The van der Waals surface area contributed by atoms with E-state index < -0.39 is 9.84 Å². The third kappa shape index (κ3) is 4.37. The summed E-state index contributed by atoms with van der Waals surface area (Å²) in [7, 11) is -3.27. The van der Waals surface area contributed by atoms with Crippen molar-refractivity contribution in [3.8, 4) is 0 Å². The first-order valence-electron chi connectivity index (χ1n) is 8.06. The average Bonchev–Trinajstić information content (AvgIpc) is 3.13. The summed E-state index contributed by atoms with van der Waals surface area (Å²) in [4.78, 5) is 12.5. The van der Waals surface area contributed by atoms with Crippen LogP contribution < -0.4 is 5.32 Å². The van der Waals surface area contributed by atoms with Crippen molar-refractivity contribution >= 4 is 15.7 Å². The van der Waals surface area contributed by atoms with Crippen LogP contribution >= 0.6 is 0 Å². The van der Waals surface area contributed by atoms with Crippen LogP contribution in [-0.2, 0) is 22.9 Å². The fourth-order valence-electron chi connectivity index (χ4n) is 2.58. The lowest BCUT2D eigenvalue weighted by Crippen LogP contribution is -2.23. The van der Waals surface area contributed by atoms with E-state index in [0.717, 1.165) is 17.4 Å². The summed E-state index contributed by atoms with van der Waals surface area (Å²) < 4.78 is 24.8. The molecule has 0 aliphatic heterocycles. The fraction of sp³-hybridized carbons (Fsp3) is 0.158. The lowest BCUT2D eigenvalue weighted by molar-refractivity contribution is 0.0950. The molecule has 0 fully saturated rings. The quantitative estimate of drug-likeness (QED) is 0.723. The van der Waals surface area contributed by atoms with Crippen molar-refractivity contribution in [1.82, 2.24) is 15.1 Å². The molecule has 1 amide bonds. The molecule has 1 heterocycles. The highest BCUT2D eigenvalue weighted by Gasteiger charge is 2.10. The Morgan fingerprint density at radius 2 is 1.73 bits per heavy atom. The van der Waals surface area contributed by atoms with Crippen molar-refractivity contribution < 1.29 is 13.2 Å². The molecule has 3 rings (SSSR count). The van der Waals surface area contributed by atoms with Crippen molar-refractivity contribution in [2.45, 2.75) is 18.0 Å². The standard InChI is InChI=1S/C19H19N3O3S/c1-26(24,25)18-9-7-15(8-10-18)19(23)20-13-16-5-2-3-6-17(16)14-22-12-4-11-21-22/h2-12H,13-14H2,1H3,(H,20,23). The van der Waals surface area contributed by atoms with Crippen LogP contribution in [0.1, 0.15) is 21.5 Å². The van der Waals surface area contributed by atoms with Crippen LogP contribution in [0.3, 0.4) is 0 Å². The Balaban J connectivity index is 1.68. The molecule has 6 nitrogen and oxygen atoms in total. The minimum Gasteiger partial charge on any atom is -0.348 e. The molecular weight excluding hydrogens is 350 g/mol. The average molecular weight is 369 g/mol. The van der Waals surface area contributed by atoms with Crippen LogP contribution in [0.2, 0.25) is 0 Å². The molecule has 2 aromatic carbocycles. The molecule has 134 valence electrons. The second kappa shape index (κ2) is 7.53.